The highest BCUT2D eigenvalue weighted by Gasteiger charge is 2.14. The maximum absolute atomic E-state index is 12.1. The molecule has 2 aromatic rings. The van der Waals surface area contributed by atoms with E-state index in [1.54, 1.807) is 12.1 Å². The van der Waals surface area contributed by atoms with E-state index in [2.05, 4.69) is 31.2 Å². The van der Waals surface area contributed by atoms with E-state index < -0.39 is 0 Å². The van der Waals surface area contributed by atoms with Gasteiger partial charge in [0.1, 0.15) is 11.3 Å². The molecule has 0 aliphatic rings. The Morgan fingerprint density at radius 1 is 1.32 bits per heavy atom. The van der Waals surface area contributed by atoms with E-state index in [1.165, 1.54) is 6.33 Å². The Hall–Kier alpha value is -1.17. The molecule has 7 heteroatoms. The Balaban J connectivity index is 2.28. The first-order valence-corrected chi connectivity index (χ1v) is 6.77. The fourth-order valence-corrected chi connectivity index (χ4v) is 2.25. The molecule has 98 valence electrons. The van der Waals surface area contributed by atoms with Crippen LogP contribution in [0.1, 0.15) is 15.9 Å². The van der Waals surface area contributed by atoms with Crippen LogP contribution in [-0.2, 0) is 0 Å². The standard InChI is InChI=1S/C12H8BrCl2N3O/c1-6-4-7(13)2-3-8(6)12(19)18-11-9(14)10(15)16-5-17-11/h2-5H,1H3,(H,16,17,18,19). The molecular weight excluding hydrogens is 353 g/mol. The average molecular weight is 361 g/mol. The van der Waals surface area contributed by atoms with Crippen molar-refractivity contribution in [2.24, 2.45) is 0 Å². The second-order valence-corrected chi connectivity index (χ2v) is 5.39. The summed E-state index contributed by atoms with van der Waals surface area (Å²) in [4.78, 5) is 19.7. The predicted molar refractivity (Wildman–Crippen MR) is 78.9 cm³/mol. The minimum atomic E-state index is -0.304. The molecule has 0 radical (unpaired) electrons. The maximum Gasteiger partial charge on any atom is 0.257 e. The van der Waals surface area contributed by atoms with Gasteiger partial charge in [0.15, 0.2) is 11.0 Å². The summed E-state index contributed by atoms with van der Waals surface area (Å²) in [6.45, 7) is 1.84. The lowest BCUT2D eigenvalue weighted by Gasteiger charge is -2.08. The van der Waals surface area contributed by atoms with Crippen molar-refractivity contribution in [2.45, 2.75) is 6.92 Å². The third-order valence-electron chi connectivity index (χ3n) is 2.41. The summed E-state index contributed by atoms with van der Waals surface area (Å²) in [5.41, 5.74) is 1.37. The lowest BCUT2D eigenvalue weighted by Crippen LogP contribution is -2.14. The molecule has 0 atom stereocenters. The summed E-state index contributed by atoms with van der Waals surface area (Å²) in [6, 6.07) is 5.35. The number of nitrogens with one attached hydrogen (secondary N) is 1. The molecule has 0 fully saturated rings. The molecule has 0 saturated carbocycles. The number of carbonyl (C=O) groups excluding carboxylic acids is 1. The van der Waals surface area contributed by atoms with Crippen LogP contribution in [0.4, 0.5) is 5.82 Å². The van der Waals surface area contributed by atoms with Crippen LogP contribution in [0.25, 0.3) is 0 Å². The number of benzene rings is 1. The van der Waals surface area contributed by atoms with Gasteiger partial charge in [0.05, 0.1) is 0 Å². The van der Waals surface area contributed by atoms with Crippen LogP contribution in [0.2, 0.25) is 10.2 Å². The summed E-state index contributed by atoms with van der Waals surface area (Å²) in [6.07, 6.45) is 1.23. The van der Waals surface area contributed by atoms with Gasteiger partial charge in [-0.1, -0.05) is 39.1 Å². The van der Waals surface area contributed by atoms with E-state index in [4.69, 9.17) is 23.2 Å². The summed E-state index contributed by atoms with van der Waals surface area (Å²) < 4.78 is 0.907. The molecule has 2 rings (SSSR count). The molecule has 4 nitrogen and oxygen atoms in total. The van der Waals surface area contributed by atoms with Crippen LogP contribution < -0.4 is 5.32 Å². The van der Waals surface area contributed by atoms with E-state index >= 15 is 0 Å². The summed E-state index contributed by atoms with van der Waals surface area (Å²) in [5.74, 6) is -0.115. The summed E-state index contributed by atoms with van der Waals surface area (Å²) in [7, 11) is 0. The molecule has 1 aromatic carbocycles. The van der Waals surface area contributed by atoms with Crippen molar-refractivity contribution in [3.8, 4) is 0 Å². The fraction of sp³-hybridized carbons (Fsp3) is 0.0833. The van der Waals surface area contributed by atoms with Crippen molar-refractivity contribution >= 4 is 50.9 Å². The van der Waals surface area contributed by atoms with Crippen molar-refractivity contribution in [1.82, 2.24) is 9.97 Å². The second-order valence-electron chi connectivity index (χ2n) is 3.74. The average Bonchev–Trinajstić information content (AvgIpc) is 2.34. The molecule has 0 spiro atoms. The SMILES string of the molecule is Cc1cc(Br)ccc1C(=O)Nc1ncnc(Cl)c1Cl. The van der Waals surface area contributed by atoms with Crippen LogP contribution in [-0.4, -0.2) is 15.9 Å². The third kappa shape index (κ3) is 3.23. The Kier molecular flexibility index (Phi) is 4.39. The monoisotopic (exact) mass is 359 g/mol. The van der Waals surface area contributed by atoms with E-state index in [0.29, 0.717) is 5.56 Å². The lowest BCUT2D eigenvalue weighted by atomic mass is 10.1. The fourth-order valence-electron chi connectivity index (χ4n) is 1.49. The Bertz CT molecular complexity index is 649. The smallest absolute Gasteiger partial charge is 0.257 e. The van der Waals surface area contributed by atoms with Gasteiger partial charge in [-0.25, -0.2) is 9.97 Å². The maximum atomic E-state index is 12.1. The summed E-state index contributed by atoms with van der Waals surface area (Å²) in [5, 5.41) is 2.82. The van der Waals surface area contributed by atoms with Gasteiger partial charge in [0.2, 0.25) is 0 Å². The van der Waals surface area contributed by atoms with Crippen molar-refractivity contribution in [3.63, 3.8) is 0 Å². The summed E-state index contributed by atoms with van der Waals surface area (Å²) >= 11 is 15.0. The van der Waals surface area contributed by atoms with E-state index in [9.17, 15) is 4.79 Å². The van der Waals surface area contributed by atoms with Crippen LogP contribution in [0.5, 0.6) is 0 Å². The third-order valence-corrected chi connectivity index (χ3v) is 3.65. The zero-order chi connectivity index (χ0) is 14.0. The molecule has 1 N–H and O–H groups in total. The quantitative estimate of drug-likeness (QED) is 0.820. The van der Waals surface area contributed by atoms with Crippen molar-refractivity contribution < 1.29 is 4.79 Å². The zero-order valence-corrected chi connectivity index (χ0v) is 12.8. The normalized spacial score (nSPS) is 10.3. The van der Waals surface area contributed by atoms with Gasteiger partial charge < -0.3 is 5.32 Å². The molecule has 1 amide bonds. The van der Waals surface area contributed by atoms with Gasteiger partial charge in [-0.2, -0.15) is 0 Å². The molecule has 0 saturated heterocycles. The number of aromatic nitrogens is 2. The first kappa shape index (κ1) is 14.2. The largest absolute Gasteiger partial charge is 0.305 e. The number of anilines is 1. The zero-order valence-electron chi connectivity index (χ0n) is 9.75. The number of aryl methyl sites for hydroxylation is 1. The predicted octanol–water partition coefficient (Wildman–Crippen LogP) is 4.11. The highest BCUT2D eigenvalue weighted by Crippen LogP contribution is 2.26. The van der Waals surface area contributed by atoms with Crippen molar-refractivity contribution in [1.29, 1.82) is 0 Å². The van der Waals surface area contributed by atoms with Gasteiger partial charge in [0, 0.05) is 10.0 Å². The van der Waals surface area contributed by atoms with Crippen LogP contribution >= 0.6 is 39.1 Å². The minimum Gasteiger partial charge on any atom is -0.305 e. The van der Waals surface area contributed by atoms with Gasteiger partial charge in [-0.15, -0.1) is 0 Å². The van der Waals surface area contributed by atoms with E-state index in [-0.39, 0.29) is 21.9 Å². The molecule has 1 aromatic heterocycles. The first-order chi connectivity index (χ1) is 8.99. The van der Waals surface area contributed by atoms with Crippen LogP contribution in [0.15, 0.2) is 29.0 Å². The number of hydrogen-bond donors (Lipinski definition) is 1. The number of hydrogen-bond acceptors (Lipinski definition) is 3. The van der Waals surface area contributed by atoms with Crippen LogP contribution in [0.3, 0.4) is 0 Å². The Morgan fingerprint density at radius 3 is 2.74 bits per heavy atom. The van der Waals surface area contributed by atoms with Gasteiger partial charge in [-0.3, -0.25) is 4.79 Å². The van der Waals surface area contributed by atoms with E-state index in [0.717, 1.165) is 10.0 Å². The van der Waals surface area contributed by atoms with E-state index in [1.807, 2.05) is 13.0 Å². The highest BCUT2D eigenvalue weighted by molar-refractivity contribution is 9.10. The van der Waals surface area contributed by atoms with Gasteiger partial charge in [0.25, 0.3) is 5.91 Å². The molecule has 19 heavy (non-hydrogen) atoms. The Morgan fingerprint density at radius 2 is 2.05 bits per heavy atom. The topological polar surface area (TPSA) is 54.9 Å². The molecule has 0 aliphatic heterocycles. The first-order valence-electron chi connectivity index (χ1n) is 5.22. The van der Waals surface area contributed by atoms with Crippen molar-refractivity contribution in [2.75, 3.05) is 5.32 Å². The number of halogens is 3. The molecular formula is C12H8BrCl2N3O. The highest BCUT2D eigenvalue weighted by atomic mass is 79.9. The van der Waals surface area contributed by atoms with Gasteiger partial charge in [-0.05, 0) is 30.7 Å². The number of nitrogens with zero attached hydrogens (tertiary/aromatic N) is 2. The number of carbonyl (C=O) groups is 1. The Labute approximate surface area is 128 Å². The van der Waals surface area contributed by atoms with Gasteiger partial charge >= 0.3 is 0 Å². The second kappa shape index (κ2) is 5.86. The molecule has 1 heterocycles. The van der Waals surface area contributed by atoms with Crippen LogP contribution in [0, 0.1) is 6.92 Å². The molecule has 0 bridgehead atoms. The minimum absolute atomic E-state index is 0.0968. The number of amides is 1. The molecule has 0 unspecified atom stereocenters. The molecule has 0 aliphatic carbocycles. The number of rotatable bonds is 2. The van der Waals surface area contributed by atoms with Crippen molar-refractivity contribution in [3.05, 3.63) is 50.3 Å². The lowest BCUT2D eigenvalue weighted by molar-refractivity contribution is 0.102.